The first-order valence-electron chi connectivity index (χ1n) is 5.13. The van der Waals surface area contributed by atoms with Crippen LogP contribution in [0.15, 0.2) is 24.4 Å². The Morgan fingerprint density at radius 1 is 1.41 bits per heavy atom. The van der Waals surface area contributed by atoms with Gasteiger partial charge in [0.15, 0.2) is 0 Å². The van der Waals surface area contributed by atoms with E-state index < -0.39 is 5.82 Å². The van der Waals surface area contributed by atoms with Crippen molar-refractivity contribution in [2.45, 2.75) is 18.7 Å². The smallest absolute Gasteiger partial charge is 0.126 e. The number of hydrogen-bond acceptors (Lipinski definition) is 2. The fourth-order valence-corrected chi connectivity index (χ4v) is 1.74. The van der Waals surface area contributed by atoms with Gasteiger partial charge in [-0.1, -0.05) is 23.7 Å². The van der Waals surface area contributed by atoms with Crippen LogP contribution < -0.4 is 0 Å². The Kier molecular flexibility index (Phi) is 3.64. The van der Waals surface area contributed by atoms with Crippen molar-refractivity contribution in [3.8, 4) is 5.69 Å². The minimum Gasteiger partial charge on any atom is -0.220 e. The van der Waals surface area contributed by atoms with Crippen LogP contribution in [0.1, 0.15) is 24.4 Å². The van der Waals surface area contributed by atoms with Crippen LogP contribution in [0.2, 0.25) is 5.02 Å². The summed E-state index contributed by atoms with van der Waals surface area (Å²) < 4.78 is 14.6. The molecule has 0 aliphatic carbocycles. The van der Waals surface area contributed by atoms with Gasteiger partial charge >= 0.3 is 0 Å². The zero-order chi connectivity index (χ0) is 12.4. The van der Waals surface area contributed by atoms with Crippen LogP contribution in [-0.2, 0) is 0 Å². The summed E-state index contributed by atoms with van der Waals surface area (Å²) in [7, 11) is 0. The van der Waals surface area contributed by atoms with Crippen molar-refractivity contribution in [2.75, 3.05) is 0 Å². The van der Waals surface area contributed by atoms with Gasteiger partial charge < -0.3 is 0 Å². The third-order valence-electron chi connectivity index (χ3n) is 2.30. The van der Waals surface area contributed by atoms with Crippen LogP contribution in [0, 0.1) is 5.82 Å². The Hall–Kier alpha value is -1.13. The molecule has 1 unspecified atom stereocenters. The maximum absolute atomic E-state index is 13.2. The van der Waals surface area contributed by atoms with Gasteiger partial charge in [0.2, 0.25) is 0 Å². The summed E-state index contributed by atoms with van der Waals surface area (Å²) in [5, 5.41) is 7.96. The maximum atomic E-state index is 13.2. The molecule has 90 valence electrons. The zero-order valence-corrected chi connectivity index (χ0v) is 10.6. The molecule has 0 saturated heterocycles. The van der Waals surface area contributed by atoms with Crippen LogP contribution >= 0.6 is 23.2 Å². The lowest BCUT2D eigenvalue weighted by molar-refractivity contribution is 0.625. The lowest BCUT2D eigenvalue weighted by Gasteiger charge is -2.01. The highest BCUT2D eigenvalue weighted by Gasteiger charge is 2.11. The SMILES string of the molecule is CCC(Cl)c1cn(-c2cc(F)cc(Cl)c2)nn1. The number of benzene rings is 1. The minimum absolute atomic E-state index is 0.187. The summed E-state index contributed by atoms with van der Waals surface area (Å²) in [6.45, 7) is 1.95. The number of alkyl halides is 1. The van der Waals surface area contributed by atoms with Gasteiger partial charge in [0.1, 0.15) is 11.5 Å². The van der Waals surface area contributed by atoms with Crippen molar-refractivity contribution < 1.29 is 4.39 Å². The zero-order valence-electron chi connectivity index (χ0n) is 9.07. The molecule has 1 heterocycles. The molecule has 0 amide bonds. The summed E-state index contributed by atoms with van der Waals surface area (Å²) >= 11 is 11.8. The molecule has 0 aliphatic rings. The molecular formula is C11H10Cl2FN3. The summed E-state index contributed by atoms with van der Waals surface area (Å²) in [5.74, 6) is -0.414. The summed E-state index contributed by atoms with van der Waals surface area (Å²) in [4.78, 5) is 0. The van der Waals surface area contributed by atoms with Crippen LogP contribution in [0.25, 0.3) is 5.69 Å². The first-order valence-corrected chi connectivity index (χ1v) is 5.94. The highest BCUT2D eigenvalue weighted by Crippen LogP contribution is 2.23. The molecule has 2 aromatic rings. The van der Waals surface area contributed by atoms with E-state index in [4.69, 9.17) is 23.2 Å². The molecule has 1 aromatic heterocycles. The van der Waals surface area contributed by atoms with Gasteiger partial charge in [-0.15, -0.1) is 16.7 Å². The Morgan fingerprint density at radius 2 is 2.18 bits per heavy atom. The highest BCUT2D eigenvalue weighted by molar-refractivity contribution is 6.30. The minimum atomic E-state index is -0.414. The van der Waals surface area contributed by atoms with Gasteiger partial charge in [0.05, 0.1) is 17.3 Å². The second kappa shape index (κ2) is 5.02. The van der Waals surface area contributed by atoms with E-state index >= 15 is 0 Å². The van der Waals surface area contributed by atoms with E-state index in [-0.39, 0.29) is 5.38 Å². The van der Waals surface area contributed by atoms with Gasteiger partial charge in [0.25, 0.3) is 0 Å². The molecule has 6 heteroatoms. The predicted molar refractivity (Wildman–Crippen MR) is 65.2 cm³/mol. The van der Waals surface area contributed by atoms with E-state index in [1.54, 1.807) is 12.3 Å². The number of rotatable bonds is 3. The Labute approximate surface area is 108 Å². The predicted octanol–water partition coefficient (Wildman–Crippen LogP) is 3.75. The van der Waals surface area contributed by atoms with Gasteiger partial charge in [0, 0.05) is 5.02 Å². The van der Waals surface area contributed by atoms with Crippen LogP contribution in [0.5, 0.6) is 0 Å². The number of aromatic nitrogens is 3. The van der Waals surface area contributed by atoms with E-state index in [1.807, 2.05) is 6.92 Å². The van der Waals surface area contributed by atoms with Crippen molar-refractivity contribution in [1.82, 2.24) is 15.0 Å². The number of halogens is 3. The first-order chi connectivity index (χ1) is 8.10. The van der Waals surface area contributed by atoms with Crippen LogP contribution in [0.4, 0.5) is 4.39 Å². The van der Waals surface area contributed by atoms with E-state index in [0.29, 0.717) is 16.4 Å². The quantitative estimate of drug-likeness (QED) is 0.798. The number of hydrogen-bond donors (Lipinski definition) is 0. The molecule has 2 rings (SSSR count). The Bertz CT molecular complexity index is 507. The molecule has 3 nitrogen and oxygen atoms in total. The lowest BCUT2D eigenvalue weighted by atomic mass is 10.2. The van der Waals surface area contributed by atoms with E-state index in [2.05, 4.69) is 10.3 Å². The van der Waals surface area contributed by atoms with Crippen molar-refractivity contribution in [3.05, 3.63) is 40.9 Å². The first kappa shape index (κ1) is 12.3. The average molecular weight is 274 g/mol. The molecule has 0 bridgehead atoms. The topological polar surface area (TPSA) is 30.7 Å². The lowest BCUT2D eigenvalue weighted by Crippen LogP contribution is -1.95. The van der Waals surface area contributed by atoms with E-state index in [0.717, 1.165) is 6.42 Å². The summed E-state index contributed by atoms with van der Waals surface area (Å²) in [6, 6.07) is 4.18. The van der Waals surface area contributed by atoms with Crippen molar-refractivity contribution >= 4 is 23.2 Å². The van der Waals surface area contributed by atoms with E-state index in [1.165, 1.54) is 16.8 Å². The van der Waals surface area contributed by atoms with Gasteiger partial charge in [-0.05, 0) is 24.6 Å². The maximum Gasteiger partial charge on any atom is 0.126 e. The second-order valence-electron chi connectivity index (χ2n) is 3.59. The van der Waals surface area contributed by atoms with E-state index in [9.17, 15) is 4.39 Å². The van der Waals surface area contributed by atoms with Crippen molar-refractivity contribution in [3.63, 3.8) is 0 Å². The monoisotopic (exact) mass is 273 g/mol. The molecule has 1 aromatic carbocycles. The second-order valence-corrected chi connectivity index (χ2v) is 4.55. The van der Waals surface area contributed by atoms with Crippen molar-refractivity contribution in [2.24, 2.45) is 0 Å². The Morgan fingerprint density at radius 3 is 2.82 bits per heavy atom. The fraction of sp³-hybridized carbons (Fsp3) is 0.273. The molecule has 0 radical (unpaired) electrons. The molecule has 0 spiro atoms. The average Bonchev–Trinajstić information content (AvgIpc) is 2.76. The third-order valence-corrected chi connectivity index (χ3v) is 3.05. The molecule has 0 fully saturated rings. The molecule has 0 N–H and O–H groups in total. The highest BCUT2D eigenvalue weighted by atomic mass is 35.5. The normalized spacial score (nSPS) is 12.7. The van der Waals surface area contributed by atoms with Crippen LogP contribution in [-0.4, -0.2) is 15.0 Å². The molecule has 0 saturated carbocycles. The summed E-state index contributed by atoms with van der Waals surface area (Å²) in [5.41, 5.74) is 1.18. The summed E-state index contributed by atoms with van der Waals surface area (Å²) in [6.07, 6.45) is 2.43. The van der Waals surface area contributed by atoms with Crippen molar-refractivity contribution in [1.29, 1.82) is 0 Å². The molecule has 0 aliphatic heterocycles. The third kappa shape index (κ3) is 2.76. The Balaban J connectivity index is 2.36. The van der Waals surface area contributed by atoms with Crippen LogP contribution in [0.3, 0.4) is 0 Å². The van der Waals surface area contributed by atoms with Gasteiger partial charge in [-0.3, -0.25) is 0 Å². The molecular weight excluding hydrogens is 264 g/mol. The van der Waals surface area contributed by atoms with Gasteiger partial charge in [-0.25, -0.2) is 9.07 Å². The number of nitrogens with zero attached hydrogens (tertiary/aromatic N) is 3. The largest absolute Gasteiger partial charge is 0.220 e. The standard InChI is InChI=1S/C11H10Cl2FN3/c1-2-10(13)11-6-17(16-15-11)9-4-7(12)3-8(14)5-9/h3-6,10H,2H2,1H3. The van der Waals surface area contributed by atoms with Gasteiger partial charge in [-0.2, -0.15) is 0 Å². The molecule has 17 heavy (non-hydrogen) atoms. The fourth-order valence-electron chi connectivity index (χ4n) is 1.43. The molecule has 1 atom stereocenters.